The maximum Gasteiger partial charge on any atom is 0.308 e. The minimum atomic E-state index is -0.224. The van der Waals surface area contributed by atoms with Crippen molar-refractivity contribution < 1.29 is 14.3 Å². The lowest BCUT2D eigenvalue weighted by atomic mass is 9.93. The molecule has 0 aromatic heterocycles. The van der Waals surface area contributed by atoms with Crippen LogP contribution in [-0.4, -0.2) is 18.4 Å². The lowest BCUT2D eigenvalue weighted by molar-refractivity contribution is -0.148. The molecule has 0 saturated carbocycles. The van der Waals surface area contributed by atoms with E-state index in [4.69, 9.17) is 4.74 Å². The normalized spacial score (nSPS) is 11.8. The first-order valence-corrected chi connectivity index (χ1v) is 9.88. The second-order valence-corrected chi connectivity index (χ2v) is 7.21. The average Bonchev–Trinajstić information content (AvgIpc) is 2.65. The number of carbonyl (C=O) groups is 2. The summed E-state index contributed by atoms with van der Waals surface area (Å²) < 4.78 is 6.15. The van der Waals surface area contributed by atoms with Gasteiger partial charge >= 0.3 is 5.97 Å². The van der Waals surface area contributed by atoms with Gasteiger partial charge in [-0.25, -0.2) is 0 Å². The Kier molecular flexibility index (Phi) is 8.56. The molecule has 1 atom stereocenters. The first-order valence-electron chi connectivity index (χ1n) is 9.09. The number of rotatable bonds is 10. The van der Waals surface area contributed by atoms with E-state index < -0.39 is 0 Å². The summed E-state index contributed by atoms with van der Waals surface area (Å²) in [6, 6.07) is 17.6. The van der Waals surface area contributed by atoms with E-state index in [1.165, 1.54) is 5.56 Å². The van der Waals surface area contributed by atoms with Crippen LogP contribution in [0.5, 0.6) is 0 Å². The molecular formula is C22H25BrO3. The quantitative estimate of drug-likeness (QED) is 0.373. The number of ether oxygens (including phenoxy) is 1. The summed E-state index contributed by atoms with van der Waals surface area (Å²) in [4.78, 5) is 24.6. The number of hydrogen-bond acceptors (Lipinski definition) is 3. The van der Waals surface area contributed by atoms with Crippen LogP contribution in [0.25, 0.3) is 0 Å². The van der Waals surface area contributed by atoms with E-state index in [0.717, 1.165) is 23.7 Å². The Morgan fingerprint density at radius 1 is 1.00 bits per heavy atom. The smallest absolute Gasteiger partial charge is 0.308 e. The van der Waals surface area contributed by atoms with Gasteiger partial charge < -0.3 is 4.74 Å². The van der Waals surface area contributed by atoms with Crippen LogP contribution in [0.1, 0.15) is 48.5 Å². The maximum atomic E-state index is 12.4. The van der Waals surface area contributed by atoms with Crippen LogP contribution in [0.3, 0.4) is 0 Å². The maximum absolute atomic E-state index is 12.4. The van der Waals surface area contributed by atoms with Crippen molar-refractivity contribution in [2.75, 3.05) is 6.61 Å². The van der Waals surface area contributed by atoms with Gasteiger partial charge in [-0.1, -0.05) is 58.4 Å². The van der Waals surface area contributed by atoms with Crippen molar-refractivity contribution in [3.05, 3.63) is 70.2 Å². The molecule has 138 valence electrons. The lowest BCUT2D eigenvalue weighted by Gasteiger charge is -2.15. The Morgan fingerprint density at radius 3 is 2.35 bits per heavy atom. The summed E-state index contributed by atoms with van der Waals surface area (Å²) in [5, 5.41) is 0. The number of carbonyl (C=O) groups excluding carboxylic acids is 2. The second-order valence-electron chi connectivity index (χ2n) is 6.30. The molecule has 0 radical (unpaired) electrons. The molecule has 0 aliphatic heterocycles. The zero-order chi connectivity index (χ0) is 18.8. The van der Waals surface area contributed by atoms with E-state index >= 15 is 0 Å². The highest BCUT2D eigenvalue weighted by Crippen LogP contribution is 2.20. The van der Waals surface area contributed by atoms with Gasteiger partial charge in [0.2, 0.25) is 0 Å². The van der Waals surface area contributed by atoms with Crippen molar-refractivity contribution in [2.24, 2.45) is 5.92 Å². The first kappa shape index (κ1) is 20.4. The predicted octanol–water partition coefficient (Wildman–Crippen LogP) is 5.61. The van der Waals surface area contributed by atoms with Crippen molar-refractivity contribution in [1.82, 2.24) is 0 Å². The molecule has 2 rings (SSSR count). The SMILES string of the molecule is CCOC(=O)C(CCCc1ccccc1)CCC(=O)c1ccc(Br)cc1. The Labute approximate surface area is 163 Å². The summed E-state index contributed by atoms with van der Waals surface area (Å²) in [6.07, 6.45) is 3.46. The number of halogens is 1. The van der Waals surface area contributed by atoms with Crippen LogP contribution in [0.15, 0.2) is 59.1 Å². The van der Waals surface area contributed by atoms with Crippen molar-refractivity contribution in [3.8, 4) is 0 Å². The van der Waals surface area contributed by atoms with E-state index in [-0.39, 0.29) is 17.7 Å². The second kappa shape index (κ2) is 10.9. The molecule has 2 aromatic carbocycles. The number of aryl methyl sites for hydroxylation is 1. The molecule has 0 fully saturated rings. The average molecular weight is 417 g/mol. The molecule has 1 unspecified atom stereocenters. The number of benzene rings is 2. The molecule has 0 saturated heterocycles. The molecule has 3 nitrogen and oxygen atoms in total. The highest BCUT2D eigenvalue weighted by Gasteiger charge is 2.21. The molecule has 0 amide bonds. The minimum absolute atomic E-state index is 0.0647. The fourth-order valence-electron chi connectivity index (χ4n) is 2.92. The Balaban J connectivity index is 1.88. The van der Waals surface area contributed by atoms with E-state index in [9.17, 15) is 9.59 Å². The third kappa shape index (κ3) is 6.75. The molecular weight excluding hydrogens is 392 g/mol. The standard InChI is InChI=1S/C22H25BrO3/c1-2-26-22(25)19(10-6-9-17-7-4-3-5-8-17)13-16-21(24)18-11-14-20(23)15-12-18/h3-5,7-8,11-12,14-15,19H,2,6,9-10,13,16H2,1H3. The third-order valence-corrected chi connectivity index (χ3v) is 4.90. The monoisotopic (exact) mass is 416 g/mol. The van der Waals surface area contributed by atoms with Crippen LogP contribution >= 0.6 is 15.9 Å². The summed E-state index contributed by atoms with van der Waals surface area (Å²) in [6.45, 7) is 2.18. The molecule has 26 heavy (non-hydrogen) atoms. The molecule has 2 aromatic rings. The van der Waals surface area contributed by atoms with Gasteiger partial charge in [0.25, 0.3) is 0 Å². The number of hydrogen-bond donors (Lipinski definition) is 0. The van der Waals surface area contributed by atoms with E-state index in [2.05, 4.69) is 28.1 Å². The Hall–Kier alpha value is -1.94. The lowest BCUT2D eigenvalue weighted by Crippen LogP contribution is -2.19. The van der Waals surface area contributed by atoms with Gasteiger partial charge in [0, 0.05) is 16.5 Å². The van der Waals surface area contributed by atoms with Gasteiger partial charge in [0.1, 0.15) is 0 Å². The molecule has 0 spiro atoms. The summed E-state index contributed by atoms with van der Waals surface area (Å²) in [5.74, 6) is -0.350. The number of esters is 1. The van der Waals surface area contributed by atoms with Gasteiger partial charge in [0.05, 0.1) is 12.5 Å². The van der Waals surface area contributed by atoms with Gasteiger partial charge in [-0.2, -0.15) is 0 Å². The highest BCUT2D eigenvalue weighted by atomic mass is 79.9. The zero-order valence-corrected chi connectivity index (χ0v) is 16.7. The Morgan fingerprint density at radius 2 is 1.69 bits per heavy atom. The van der Waals surface area contributed by atoms with Crippen LogP contribution in [0.2, 0.25) is 0 Å². The third-order valence-electron chi connectivity index (χ3n) is 4.37. The topological polar surface area (TPSA) is 43.4 Å². The number of ketones is 1. The zero-order valence-electron chi connectivity index (χ0n) is 15.1. The fourth-order valence-corrected chi connectivity index (χ4v) is 3.19. The molecule has 0 aliphatic rings. The predicted molar refractivity (Wildman–Crippen MR) is 107 cm³/mol. The van der Waals surface area contributed by atoms with Crippen molar-refractivity contribution in [2.45, 2.75) is 39.0 Å². The van der Waals surface area contributed by atoms with Crippen LogP contribution in [-0.2, 0) is 16.0 Å². The van der Waals surface area contributed by atoms with Gasteiger partial charge in [-0.15, -0.1) is 0 Å². The molecule has 0 heterocycles. The van der Waals surface area contributed by atoms with E-state index in [1.807, 2.05) is 37.3 Å². The summed E-state index contributed by atoms with van der Waals surface area (Å²) >= 11 is 3.37. The van der Waals surface area contributed by atoms with Crippen molar-refractivity contribution in [1.29, 1.82) is 0 Å². The molecule has 4 heteroatoms. The molecule has 0 bridgehead atoms. The molecule has 0 N–H and O–H groups in total. The van der Waals surface area contributed by atoms with Gasteiger partial charge in [-0.05, 0) is 50.3 Å². The summed E-state index contributed by atoms with van der Waals surface area (Å²) in [5.41, 5.74) is 1.95. The van der Waals surface area contributed by atoms with Crippen molar-refractivity contribution in [3.63, 3.8) is 0 Å². The van der Waals surface area contributed by atoms with Crippen LogP contribution < -0.4 is 0 Å². The fraction of sp³-hybridized carbons (Fsp3) is 0.364. The van der Waals surface area contributed by atoms with Gasteiger partial charge in [-0.3, -0.25) is 9.59 Å². The largest absolute Gasteiger partial charge is 0.466 e. The van der Waals surface area contributed by atoms with E-state index in [0.29, 0.717) is 25.0 Å². The summed E-state index contributed by atoms with van der Waals surface area (Å²) in [7, 11) is 0. The first-order chi connectivity index (χ1) is 12.6. The highest BCUT2D eigenvalue weighted by molar-refractivity contribution is 9.10. The van der Waals surface area contributed by atoms with Gasteiger partial charge in [0.15, 0.2) is 5.78 Å². The van der Waals surface area contributed by atoms with Crippen LogP contribution in [0.4, 0.5) is 0 Å². The van der Waals surface area contributed by atoms with Crippen molar-refractivity contribution >= 4 is 27.7 Å². The minimum Gasteiger partial charge on any atom is -0.466 e. The van der Waals surface area contributed by atoms with Crippen LogP contribution in [0, 0.1) is 5.92 Å². The Bertz CT molecular complexity index is 695. The number of Topliss-reactive ketones (excluding diaryl/α,β-unsaturated/α-hetero) is 1. The molecule has 0 aliphatic carbocycles. The van der Waals surface area contributed by atoms with E-state index in [1.54, 1.807) is 12.1 Å².